The quantitative estimate of drug-likeness (QED) is 0.346. The first-order valence-electron chi connectivity index (χ1n) is 10.1. The maximum Gasteiger partial charge on any atom is 0.270 e. The van der Waals surface area contributed by atoms with Gasteiger partial charge in [0.15, 0.2) is 11.5 Å². The van der Waals surface area contributed by atoms with Crippen molar-refractivity contribution in [1.82, 2.24) is 5.32 Å². The van der Waals surface area contributed by atoms with Gasteiger partial charge in [0, 0.05) is 12.1 Å². The summed E-state index contributed by atoms with van der Waals surface area (Å²) in [5, 5.41) is 13.8. The number of hydrogen-bond donors (Lipinski definition) is 2. The highest BCUT2D eigenvalue weighted by molar-refractivity contribution is 7.92. The monoisotopic (exact) mass is 485 g/mol. The highest BCUT2D eigenvalue weighted by Crippen LogP contribution is 2.30. The first-order valence-corrected chi connectivity index (χ1v) is 11.5. The molecule has 1 amide bonds. The SMILES string of the molecule is COc1ccc(C(C)NC(=O)c2ccccc2NS(=O)(=O)c2cccc([N+](=O)[O-])c2)cc1OC. The van der Waals surface area contributed by atoms with Crippen LogP contribution in [0.2, 0.25) is 0 Å². The van der Waals surface area contributed by atoms with E-state index < -0.39 is 26.9 Å². The van der Waals surface area contributed by atoms with Crippen LogP contribution in [0.1, 0.15) is 28.9 Å². The second kappa shape index (κ2) is 10.2. The number of carbonyl (C=O) groups excluding carboxylic acids is 1. The van der Waals surface area contributed by atoms with E-state index in [0.29, 0.717) is 11.5 Å². The van der Waals surface area contributed by atoms with Crippen LogP contribution in [0.5, 0.6) is 11.5 Å². The minimum absolute atomic E-state index is 0.0333. The fourth-order valence-electron chi connectivity index (χ4n) is 3.22. The van der Waals surface area contributed by atoms with Gasteiger partial charge < -0.3 is 14.8 Å². The normalized spacial score (nSPS) is 11.9. The molecule has 11 heteroatoms. The summed E-state index contributed by atoms with van der Waals surface area (Å²) in [6.45, 7) is 1.77. The van der Waals surface area contributed by atoms with Crippen LogP contribution in [0.15, 0.2) is 71.6 Å². The third-order valence-corrected chi connectivity index (χ3v) is 6.37. The molecule has 0 aliphatic rings. The number of nitro benzene ring substituents is 1. The molecule has 0 aromatic heterocycles. The van der Waals surface area contributed by atoms with Gasteiger partial charge in [0.25, 0.3) is 21.6 Å². The van der Waals surface area contributed by atoms with Crippen molar-refractivity contribution in [3.63, 3.8) is 0 Å². The topological polar surface area (TPSA) is 137 Å². The van der Waals surface area contributed by atoms with E-state index in [2.05, 4.69) is 10.0 Å². The molecule has 34 heavy (non-hydrogen) atoms. The standard InChI is InChI=1S/C23H23N3O7S/c1-15(16-11-12-21(32-2)22(13-16)33-3)24-23(27)19-9-4-5-10-20(19)25-34(30,31)18-8-6-7-17(14-18)26(28)29/h4-15,25H,1-3H3,(H,24,27). The third kappa shape index (κ3) is 5.44. The number of nitrogens with zero attached hydrogens (tertiary/aromatic N) is 1. The van der Waals surface area contributed by atoms with Crippen LogP contribution < -0.4 is 19.5 Å². The molecule has 0 saturated heterocycles. The zero-order valence-corrected chi connectivity index (χ0v) is 19.5. The molecule has 0 saturated carbocycles. The molecule has 0 aliphatic heterocycles. The molecule has 0 spiro atoms. The number of amides is 1. The molecule has 0 fully saturated rings. The van der Waals surface area contributed by atoms with Gasteiger partial charge >= 0.3 is 0 Å². The molecule has 3 rings (SSSR count). The second-order valence-corrected chi connectivity index (χ2v) is 8.90. The van der Waals surface area contributed by atoms with Crippen LogP contribution in [0, 0.1) is 10.1 Å². The van der Waals surface area contributed by atoms with Crippen molar-refractivity contribution in [2.24, 2.45) is 0 Å². The molecule has 1 atom stereocenters. The molecule has 0 bridgehead atoms. The zero-order chi connectivity index (χ0) is 24.9. The number of carbonyl (C=O) groups is 1. The van der Waals surface area contributed by atoms with Crippen LogP contribution in [-0.4, -0.2) is 33.5 Å². The molecule has 178 valence electrons. The number of non-ortho nitro benzene ring substituents is 1. The number of anilines is 1. The number of sulfonamides is 1. The Bertz CT molecular complexity index is 1330. The molecule has 3 aromatic carbocycles. The Kier molecular flexibility index (Phi) is 7.37. The lowest BCUT2D eigenvalue weighted by molar-refractivity contribution is -0.385. The van der Waals surface area contributed by atoms with Crippen molar-refractivity contribution in [2.75, 3.05) is 18.9 Å². The summed E-state index contributed by atoms with van der Waals surface area (Å²) in [5.74, 6) is 0.538. The van der Waals surface area contributed by atoms with Crippen molar-refractivity contribution >= 4 is 27.3 Å². The Labute approximate surface area is 196 Å². The molecular formula is C23H23N3O7S. The van der Waals surface area contributed by atoms with Crippen LogP contribution in [-0.2, 0) is 10.0 Å². The van der Waals surface area contributed by atoms with Crippen LogP contribution in [0.25, 0.3) is 0 Å². The van der Waals surface area contributed by atoms with E-state index in [0.717, 1.165) is 11.6 Å². The third-order valence-electron chi connectivity index (χ3n) is 5.01. The van der Waals surface area contributed by atoms with Crippen LogP contribution in [0.3, 0.4) is 0 Å². The first kappa shape index (κ1) is 24.5. The Balaban J connectivity index is 1.84. The predicted octanol–water partition coefficient (Wildman–Crippen LogP) is 3.90. The highest BCUT2D eigenvalue weighted by atomic mass is 32.2. The van der Waals surface area contributed by atoms with Crippen molar-refractivity contribution in [3.8, 4) is 11.5 Å². The Hall–Kier alpha value is -4.12. The number of nitrogens with one attached hydrogen (secondary N) is 2. The van der Waals surface area contributed by atoms with Gasteiger partial charge in [-0.2, -0.15) is 0 Å². The molecule has 3 aromatic rings. The highest BCUT2D eigenvalue weighted by Gasteiger charge is 2.22. The zero-order valence-electron chi connectivity index (χ0n) is 18.6. The summed E-state index contributed by atoms with van der Waals surface area (Å²) in [6.07, 6.45) is 0. The lowest BCUT2D eigenvalue weighted by Crippen LogP contribution is -2.28. The van der Waals surface area contributed by atoms with Crippen LogP contribution in [0.4, 0.5) is 11.4 Å². The Morgan fingerprint density at radius 3 is 2.35 bits per heavy atom. The fraction of sp³-hybridized carbons (Fsp3) is 0.174. The van der Waals surface area contributed by atoms with Crippen molar-refractivity contribution in [3.05, 3.63) is 88.0 Å². The fourth-order valence-corrected chi connectivity index (χ4v) is 4.34. The minimum Gasteiger partial charge on any atom is -0.493 e. The number of para-hydroxylation sites is 1. The van der Waals surface area contributed by atoms with Gasteiger partial charge in [-0.1, -0.05) is 24.3 Å². The van der Waals surface area contributed by atoms with Crippen molar-refractivity contribution < 1.29 is 27.6 Å². The molecule has 10 nitrogen and oxygen atoms in total. The average Bonchev–Trinajstić information content (AvgIpc) is 2.83. The number of benzene rings is 3. The van der Waals surface area contributed by atoms with E-state index >= 15 is 0 Å². The minimum atomic E-state index is -4.19. The summed E-state index contributed by atoms with van der Waals surface area (Å²) in [6, 6.07) is 15.5. The predicted molar refractivity (Wildman–Crippen MR) is 126 cm³/mol. The van der Waals surface area contributed by atoms with Crippen LogP contribution >= 0.6 is 0 Å². The Morgan fingerprint density at radius 2 is 1.68 bits per heavy atom. The number of rotatable bonds is 9. The van der Waals surface area contributed by atoms with Gasteiger partial charge in [-0.05, 0) is 42.8 Å². The van der Waals surface area contributed by atoms with E-state index in [1.54, 1.807) is 37.3 Å². The number of ether oxygens (including phenoxy) is 2. The number of hydrogen-bond acceptors (Lipinski definition) is 7. The smallest absolute Gasteiger partial charge is 0.270 e. The van der Waals surface area contributed by atoms with E-state index in [4.69, 9.17) is 9.47 Å². The van der Waals surface area contributed by atoms with E-state index in [1.165, 1.54) is 44.6 Å². The molecular weight excluding hydrogens is 462 g/mol. The van der Waals surface area contributed by atoms with Gasteiger partial charge in [-0.25, -0.2) is 8.42 Å². The first-order chi connectivity index (χ1) is 16.2. The van der Waals surface area contributed by atoms with Gasteiger partial charge in [-0.3, -0.25) is 19.6 Å². The summed E-state index contributed by atoms with van der Waals surface area (Å²) in [4.78, 5) is 23.0. The van der Waals surface area contributed by atoms with Crippen molar-refractivity contribution in [1.29, 1.82) is 0 Å². The summed E-state index contributed by atoms with van der Waals surface area (Å²) in [7, 11) is -1.16. The van der Waals surface area contributed by atoms with Gasteiger partial charge in [0.05, 0.1) is 41.3 Å². The number of methoxy groups -OCH3 is 2. The van der Waals surface area contributed by atoms with E-state index in [1.807, 2.05) is 0 Å². The maximum absolute atomic E-state index is 13.0. The molecule has 0 heterocycles. The van der Waals surface area contributed by atoms with Gasteiger partial charge in [0.2, 0.25) is 0 Å². The summed E-state index contributed by atoms with van der Waals surface area (Å²) < 4.78 is 38.5. The van der Waals surface area contributed by atoms with E-state index in [9.17, 15) is 23.3 Å². The summed E-state index contributed by atoms with van der Waals surface area (Å²) in [5.41, 5.74) is 0.508. The van der Waals surface area contributed by atoms with Gasteiger partial charge in [0.1, 0.15) is 0 Å². The van der Waals surface area contributed by atoms with Crippen molar-refractivity contribution in [2.45, 2.75) is 17.9 Å². The Morgan fingerprint density at radius 1 is 0.971 bits per heavy atom. The molecule has 2 N–H and O–H groups in total. The lowest BCUT2D eigenvalue weighted by Gasteiger charge is -2.18. The average molecular weight is 486 g/mol. The maximum atomic E-state index is 13.0. The number of nitro groups is 1. The lowest BCUT2D eigenvalue weighted by atomic mass is 10.1. The second-order valence-electron chi connectivity index (χ2n) is 7.22. The molecule has 0 aliphatic carbocycles. The molecule has 1 unspecified atom stereocenters. The largest absolute Gasteiger partial charge is 0.493 e. The summed E-state index contributed by atoms with van der Waals surface area (Å²) >= 11 is 0. The van der Waals surface area contributed by atoms with E-state index in [-0.39, 0.29) is 21.8 Å². The van der Waals surface area contributed by atoms with Gasteiger partial charge in [-0.15, -0.1) is 0 Å². The molecule has 0 radical (unpaired) electrons.